The van der Waals surface area contributed by atoms with Gasteiger partial charge in [0.25, 0.3) is 5.69 Å². The van der Waals surface area contributed by atoms with Gasteiger partial charge in [-0.3, -0.25) is 14.9 Å². The van der Waals surface area contributed by atoms with Crippen LogP contribution in [-0.2, 0) is 14.3 Å². The van der Waals surface area contributed by atoms with Crippen molar-refractivity contribution < 1.29 is 24.4 Å². The number of carbonyl (C=O) groups is 2. The van der Waals surface area contributed by atoms with Gasteiger partial charge in [0.2, 0.25) is 0 Å². The molecule has 3 unspecified atom stereocenters. The number of rotatable bonds is 5. The quantitative estimate of drug-likeness (QED) is 0.469. The molecule has 0 fully saturated rings. The largest absolute Gasteiger partial charge is 0.481 e. The number of hydrogen-bond donors (Lipinski definition) is 2. The number of hydrazone groups is 1. The molecule has 1 aromatic rings. The van der Waals surface area contributed by atoms with Gasteiger partial charge in [0.1, 0.15) is 5.41 Å². The van der Waals surface area contributed by atoms with Gasteiger partial charge in [0.05, 0.1) is 24.0 Å². The van der Waals surface area contributed by atoms with Crippen molar-refractivity contribution in [2.45, 2.75) is 32.2 Å². The first-order chi connectivity index (χ1) is 11.8. The third-order valence-electron chi connectivity index (χ3n) is 4.76. The molecule has 9 heteroatoms. The molecule has 0 aromatic heterocycles. The van der Waals surface area contributed by atoms with E-state index in [-0.39, 0.29) is 23.4 Å². The third kappa shape index (κ3) is 2.81. The number of para-hydroxylation sites is 1. The minimum atomic E-state index is -1.50. The molecule has 1 heterocycles. The fourth-order valence-corrected chi connectivity index (χ4v) is 3.40. The van der Waals surface area contributed by atoms with Crippen molar-refractivity contribution in [1.82, 2.24) is 5.43 Å². The van der Waals surface area contributed by atoms with Gasteiger partial charge in [-0.25, -0.2) is 4.79 Å². The van der Waals surface area contributed by atoms with Crippen molar-refractivity contribution >= 4 is 23.3 Å². The van der Waals surface area contributed by atoms with Crippen LogP contribution in [0.2, 0.25) is 0 Å². The molecule has 0 bridgehead atoms. The Labute approximate surface area is 143 Å². The van der Waals surface area contributed by atoms with Crippen molar-refractivity contribution in [3.8, 4) is 0 Å². The number of carboxylic acid groups (broad SMARTS) is 1. The lowest BCUT2D eigenvalue weighted by molar-refractivity contribution is -0.385. The Hall–Kier alpha value is -2.97. The standard InChI is InChI=1S/C16H19N3O6/c1-4-16(15(21)22)9(2)17-18-13(14(20)25-3)12(16)10-7-5-6-8-11(10)19(23)24/h5-9,12,17H,4H2,1-3H3,(H,21,22). The Morgan fingerprint density at radius 1 is 1.44 bits per heavy atom. The SMILES string of the molecule is CCC1(C(=O)O)C(C)NN=C(C(=O)OC)C1c1ccccc1[N+](=O)[O-]. The summed E-state index contributed by atoms with van der Waals surface area (Å²) in [7, 11) is 1.15. The number of esters is 1. The summed E-state index contributed by atoms with van der Waals surface area (Å²) in [4.78, 5) is 35.3. The van der Waals surface area contributed by atoms with E-state index in [1.807, 2.05) is 0 Å². The molecule has 0 radical (unpaired) electrons. The number of aliphatic carboxylic acids is 1. The number of hydrogen-bond acceptors (Lipinski definition) is 7. The molecule has 2 N–H and O–H groups in total. The van der Waals surface area contributed by atoms with Crippen LogP contribution in [0, 0.1) is 15.5 Å². The molecule has 3 atom stereocenters. The molecule has 1 aromatic carbocycles. The van der Waals surface area contributed by atoms with Gasteiger partial charge >= 0.3 is 11.9 Å². The summed E-state index contributed by atoms with van der Waals surface area (Å²) in [6, 6.07) is 5.11. The highest BCUT2D eigenvalue weighted by molar-refractivity contribution is 6.39. The lowest BCUT2D eigenvalue weighted by atomic mass is 9.63. The Morgan fingerprint density at radius 3 is 2.60 bits per heavy atom. The minimum Gasteiger partial charge on any atom is -0.481 e. The second kappa shape index (κ2) is 6.88. The Bertz CT molecular complexity index is 747. The summed E-state index contributed by atoms with van der Waals surface area (Å²) in [6.07, 6.45) is 0.128. The van der Waals surface area contributed by atoms with Crippen LogP contribution >= 0.6 is 0 Å². The first kappa shape index (κ1) is 18.4. The zero-order chi connectivity index (χ0) is 18.8. The van der Waals surface area contributed by atoms with Gasteiger partial charge in [-0.1, -0.05) is 25.1 Å². The zero-order valence-electron chi connectivity index (χ0n) is 14.1. The first-order valence-electron chi connectivity index (χ1n) is 7.69. The van der Waals surface area contributed by atoms with E-state index in [1.54, 1.807) is 19.9 Å². The van der Waals surface area contributed by atoms with Crippen LogP contribution in [0.5, 0.6) is 0 Å². The molecule has 0 spiro atoms. The number of benzene rings is 1. The van der Waals surface area contributed by atoms with Crippen LogP contribution in [0.1, 0.15) is 31.7 Å². The highest BCUT2D eigenvalue weighted by Crippen LogP contribution is 2.47. The Balaban J connectivity index is 2.82. The lowest BCUT2D eigenvalue weighted by Gasteiger charge is -2.43. The van der Waals surface area contributed by atoms with E-state index in [1.165, 1.54) is 18.2 Å². The molecule has 0 aliphatic carbocycles. The highest BCUT2D eigenvalue weighted by atomic mass is 16.6. The average molecular weight is 349 g/mol. The van der Waals surface area contributed by atoms with Crippen LogP contribution in [0.25, 0.3) is 0 Å². The Morgan fingerprint density at radius 2 is 2.08 bits per heavy atom. The van der Waals surface area contributed by atoms with Crippen molar-refractivity contribution in [2.24, 2.45) is 10.5 Å². The molecule has 1 aliphatic heterocycles. The molecule has 2 rings (SSSR count). The number of carbonyl (C=O) groups excluding carboxylic acids is 1. The fourth-order valence-electron chi connectivity index (χ4n) is 3.40. The molecular weight excluding hydrogens is 330 g/mol. The highest BCUT2D eigenvalue weighted by Gasteiger charge is 2.57. The normalized spacial score (nSPS) is 25.5. The molecule has 1 aliphatic rings. The fraction of sp³-hybridized carbons (Fsp3) is 0.438. The summed E-state index contributed by atoms with van der Waals surface area (Å²) in [5, 5.41) is 25.4. The van der Waals surface area contributed by atoms with E-state index in [4.69, 9.17) is 4.74 Å². The summed E-state index contributed by atoms with van der Waals surface area (Å²) in [5.41, 5.74) is 0.811. The smallest absolute Gasteiger partial charge is 0.354 e. The third-order valence-corrected chi connectivity index (χ3v) is 4.76. The van der Waals surface area contributed by atoms with Gasteiger partial charge in [-0.2, -0.15) is 5.10 Å². The molecule has 0 saturated heterocycles. The number of nitrogens with one attached hydrogen (secondary N) is 1. The van der Waals surface area contributed by atoms with Gasteiger partial charge in [0.15, 0.2) is 5.71 Å². The summed E-state index contributed by atoms with van der Waals surface area (Å²) in [5.74, 6) is -3.13. The van der Waals surface area contributed by atoms with Crippen LogP contribution in [0.4, 0.5) is 5.69 Å². The second-order valence-corrected chi connectivity index (χ2v) is 5.79. The van der Waals surface area contributed by atoms with Gasteiger partial charge in [-0.05, 0) is 13.3 Å². The van der Waals surface area contributed by atoms with Gasteiger partial charge < -0.3 is 15.3 Å². The maximum absolute atomic E-state index is 12.2. The summed E-state index contributed by atoms with van der Waals surface area (Å²) >= 11 is 0. The maximum Gasteiger partial charge on any atom is 0.354 e. The van der Waals surface area contributed by atoms with Crippen molar-refractivity contribution in [2.75, 3.05) is 7.11 Å². The monoisotopic (exact) mass is 349 g/mol. The zero-order valence-corrected chi connectivity index (χ0v) is 14.1. The first-order valence-corrected chi connectivity index (χ1v) is 7.69. The molecule has 0 saturated carbocycles. The van der Waals surface area contributed by atoms with Gasteiger partial charge in [0, 0.05) is 11.6 Å². The summed E-state index contributed by atoms with van der Waals surface area (Å²) < 4.78 is 4.72. The van der Waals surface area contributed by atoms with Crippen LogP contribution in [0.15, 0.2) is 29.4 Å². The predicted molar refractivity (Wildman–Crippen MR) is 88.2 cm³/mol. The van der Waals surface area contributed by atoms with Crippen LogP contribution in [-0.4, -0.2) is 40.8 Å². The van der Waals surface area contributed by atoms with E-state index in [0.717, 1.165) is 7.11 Å². The summed E-state index contributed by atoms with van der Waals surface area (Å²) in [6.45, 7) is 3.28. The van der Waals surface area contributed by atoms with E-state index < -0.39 is 34.2 Å². The number of carboxylic acids is 1. The second-order valence-electron chi connectivity index (χ2n) is 5.79. The van der Waals surface area contributed by atoms with E-state index in [0.29, 0.717) is 0 Å². The van der Waals surface area contributed by atoms with Crippen LogP contribution in [0.3, 0.4) is 0 Å². The lowest BCUT2D eigenvalue weighted by Crippen LogP contribution is -2.57. The van der Waals surface area contributed by atoms with Gasteiger partial charge in [-0.15, -0.1) is 0 Å². The van der Waals surface area contributed by atoms with E-state index in [2.05, 4.69) is 10.5 Å². The molecule has 134 valence electrons. The number of nitro groups is 1. The topological polar surface area (TPSA) is 131 Å². The van der Waals surface area contributed by atoms with Crippen molar-refractivity contribution in [1.29, 1.82) is 0 Å². The van der Waals surface area contributed by atoms with Crippen molar-refractivity contribution in [3.63, 3.8) is 0 Å². The van der Waals surface area contributed by atoms with E-state index in [9.17, 15) is 24.8 Å². The number of nitrogens with zero attached hydrogens (tertiary/aromatic N) is 2. The number of nitro benzene ring substituents is 1. The molecule has 0 amide bonds. The average Bonchev–Trinajstić information content (AvgIpc) is 2.60. The Kier molecular flexibility index (Phi) is 5.05. The number of methoxy groups -OCH3 is 1. The van der Waals surface area contributed by atoms with Crippen LogP contribution < -0.4 is 5.43 Å². The molecule has 25 heavy (non-hydrogen) atoms. The molecular formula is C16H19N3O6. The van der Waals surface area contributed by atoms with Crippen molar-refractivity contribution in [3.05, 3.63) is 39.9 Å². The minimum absolute atomic E-state index is 0.120. The predicted octanol–water partition coefficient (Wildman–Crippen LogP) is 1.68. The van der Waals surface area contributed by atoms with E-state index >= 15 is 0 Å². The number of ether oxygens (including phenoxy) is 1. The molecule has 9 nitrogen and oxygen atoms in total. The maximum atomic E-state index is 12.2.